The number of aromatic carboxylic acids is 1. The van der Waals surface area contributed by atoms with Gasteiger partial charge >= 0.3 is 5.97 Å². The molecule has 0 aliphatic carbocycles. The van der Waals surface area contributed by atoms with Crippen molar-refractivity contribution in [3.63, 3.8) is 0 Å². The van der Waals surface area contributed by atoms with Crippen LogP contribution in [0.4, 0.5) is 0 Å². The maximum atomic E-state index is 11.6. The fourth-order valence-electron chi connectivity index (χ4n) is 1.37. The van der Waals surface area contributed by atoms with Crippen LogP contribution in [0.2, 0.25) is 0 Å². The molecule has 100 valence electrons. The Balaban J connectivity index is 2.88. The Morgan fingerprint density at radius 3 is 2.50 bits per heavy atom. The number of amides is 1. The Kier molecular flexibility index (Phi) is 4.12. The quantitative estimate of drug-likeness (QED) is 0.778. The highest BCUT2D eigenvalue weighted by Gasteiger charge is 2.21. The third-order valence-corrected chi connectivity index (χ3v) is 3.62. The summed E-state index contributed by atoms with van der Waals surface area (Å²) >= 11 is 0. The van der Waals surface area contributed by atoms with E-state index < -0.39 is 33.2 Å². The van der Waals surface area contributed by atoms with Gasteiger partial charge in [-0.15, -0.1) is 0 Å². The van der Waals surface area contributed by atoms with E-state index in [2.05, 4.69) is 5.32 Å². The Bertz CT molecular complexity index is 571. The molecule has 0 bridgehead atoms. The van der Waals surface area contributed by atoms with Gasteiger partial charge in [-0.25, -0.2) is 13.2 Å². The molecule has 0 saturated carbocycles. The first kappa shape index (κ1) is 14.2. The van der Waals surface area contributed by atoms with Crippen LogP contribution in [-0.4, -0.2) is 38.2 Å². The van der Waals surface area contributed by atoms with Gasteiger partial charge in [-0.1, -0.05) is 0 Å². The molecule has 1 amide bonds. The molecule has 0 radical (unpaired) electrons. The van der Waals surface area contributed by atoms with Crippen molar-refractivity contribution in [1.29, 1.82) is 0 Å². The molecule has 0 aliphatic heterocycles. The number of carbonyl (C=O) groups is 2. The van der Waals surface area contributed by atoms with Crippen molar-refractivity contribution in [2.24, 2.45) is 0 Å². The molecule has 1 rings (SSSR count). The number of carboxylic acids is 1. The van der Waals surface area contributed by atoms with Gasteiger partial charge in [0.2, 0.25) is 5.91 Å². The van der Waals surface area contributed by atoms with Crippen LogP contribution in [0.3, 0.4) is 0 Å². The lowest BCUT2D eigenvalue weighted by molar-refractivity contribution is -0.118. The van der Waals surface area contributed by atoms with E-state index in [0.717, 1.165) is 6.07 Å². The number of carbonyl (C=O) groups excluding carboxylic acids is 1. The van der Waals surface area contributed by atoms with E-state index in [1.54, 1.807) is 0 Å². The second-order valence-corrected chi connectivity index (χ2v) is 5.76. The summed E-state index contributed by atoms with van der Waals surface area (Å²) in [7, 11) is -2.34. The minimum Gasteiger partial charge on any atom is -0.478 e. The molecule has 0 fully saturated rings. The average Bonchev–Trinajstić information content (AvgIpc) is 2.57. The number of nitrogens with one attached hydrogen (secondary N) is 1. The van der Waals surface area contributed by atoms with Crippen molar-refractivity contribution in [3.05, 3.63) is 23.2 Å². The number of aryl methyl sites for hydroxylation is 1. The SMILES string of the molecule is CNC(=O)CS(=O)(=O)Cc1cc(C(=O)O)c(C)o1. The van der Waals surface area contributed by atoms with Gasteiger partial charge in [0.15, 0.2) is 9.84 Å². The summed E-state index contributed by atoms with van der Waals surface area (Å²) in [5, 5.41) is 11.0. The summed E-state index contributed by atoms with van der Waals surface area (Å²) in [5.74, 6) is -2.84. The number of hydrogen-bond donors (Lipinski definition) is 2. The second kappa shape index (κ2) is 5.21. The number of hydrogen-bond acceptors (Lipinski definition) is 5. The van der Waals surface area contributed by atoms with Crippen LogP contribution in [0.1, 0.15) is 21.9 Å². The van der Waals surface area contributed by atoms with Crippen molar-refractivity contribution in [2.45, 2.75) is 12.7 Å². The minimum absolute atomic E-state index is 0.00815. The summed E-state index contributed by atoms with van der Waals surface area (Å²) in [4.78, 5) is 21.7. The molecule has 0 unspecified atom stereocenters. The molecule has 1 aromatic heterocycles. The predicted octanol–water partition coefficient (Wildman–Crippen LogP) is -0.0530. The van der Waals surface area contributed by atoms with Crippen LogP contribution in [-0.2, 0) is 20.4 Å². The summed E-state index contributed by atoms with van der Waals surface area (Å²) in [5.41, 5.74) is -0.0832. The van der Waals surface area contributed by atoms with Crippen LogP contribution in [0.15, 0.2) is 10.5 Å². The van der Waals surface area contributed by atoms with Crippen molar-refractivity contribution in [3.8, 4) is 0 Å². The van der Waals surface area contributed by atoms with E-state index in [9.17, 15) is 18.0 Å². The molecule has 0 saturated heterocycles. The zero-order chi connectivity index (χ0) is 13.9. The average molecular weight is 275 g/mol. The zero-order valence-electron chi connectivity index (χ0n) is 9.89. The molecule has 7 nitrogen and oxygen atoms in total. The number of rotatable bonds is 5. The van der Waals surface area contributed by atoms with Gasteiger partial charge < -0.3 is 14.8 Å². The number of sulfone groups is 1. The van der Waals surface area contributed by atoms with Gasteiger partial charge in [0, 0.05) is 7.05 Å². The fraction of sp³-hybridized carbons (Fsp3) is 0.400. The Morgan fingerprint density at radius 1 is 1.44 bits per heavy atom. The molecule has 1 heterocycles. The van der Waals surface area contributed by atoms with E-state index in [0.29, 0.717) is 0 Å². The van der Waals surface area contributed by atoms with Crippen LogP contribution in [0, 0.1) is 6.92 Å². The van der Waals surface area contributed by atoms with E-state index in [1.165, 1.54) is 14.0 Å². The van der Waals surface area contributed by atoms with E-state index in [4.69, 9.17) is 9.52 Å². The zero-order valence-corrected chi connectivity index (χ0v) is 10.7. The van der Waals surface area contributed by atoms with E-state index >= 15 is 0 Å². The first-order valence-corrected chi connectivity index (χ1v) is 6.81. The highest BCUT2D eigenvalue weighted by atomic mass is 32.2. The molecule has 0 spiro atoms. The highest BCUT2D eigenvalue weighted by Crippen LogP contribution is 2.17. The van der Waals surface area contributed by atoms with Gasteiger partial charge in [-0.05, 0) is 13.0 Å². The molecule has 0 aliphatic rings. The molecule has 8 heteroatoms. The van der Waals surface area contributed by atoms with Gasteiger partial charge in [-0.3, -0.25) is 4.79 Å². The summed E-state index contributed by atoms with van der Waals surface area (Å²) < 4.78 is 28.2. The summed E-state index contributed by atoms with van der Waals surface area (Å²) in [6, 6.07) is 1.15. The van der Waals surface area contributed by atoms with Crippen molar-refractivity contribution >= 4 is 21.7 Å². The first-order valence-electron chi connectivity index (χ1n) is 4.99. The third-order valence-electron chi connectivity index (χ3n) is 2.19. The van der Waals surface area contributed by atoms with Crippen LogP contribution in [0.25, 0.3) is 0 Å². The number of carboxylic acid groups (broad SMARTS) is 1. The van der Waals surface area contributed by atoms with Crippen LogP contribution < -0.4 is 5.32 Å². The topological polar surface area (TPSA) is 114 Å². The predicted molar refractivity (Wildman–Crippen MR) is 62.0 cm³/mol. The van der Waals surface area contributed by atoms with E-state index in [-0.39, 0.29) is 17.1 Å². The lowest BCUT2D eigenvalue weighted by atomic mass is 10.2. The van der Waals surface area contributed by atoms with Crippen LogP contribution in [0.5, 0.6) is 0 Å². The van der Waals surface area contributed by atoms with Crippen molar-refractivity contribution < 1.29 is 27.5 Å². The Labute approximate surface area is 104 Å². The van der Waals surface area contributed by atoms with Gasteiger partial charge in [0.05, 0.1) is 0 Å². The molecule has 18 heavy (non-hydrogen) atoms. The Hall–Kier alpha value is -1.83. The highest BCUT2D eigenvalue weighted by molar-refractivity contribution is 7.91. The summed E-state index contributed by atoms with van der Waals surface area (Å²) in [6.45, 7) is 1.43. The minimum atomic E-state index is -3.67. The van der Waals surface area contributed by atoms with Crippen molar-refractivity contribution in [2.75, 3.05) is 12.8 Å². The fourth-order valence-corrected chi connectivity index (χ4v) is 2.59. The lowest BCUT2D eigenvalue weighted by Crippen LogP contribution is -2.27. The molecule has 2 N–H and O–H groups in total. The van der Waals surface area contributed by atoms with E-state index in [1.807, 2.05) is 0 Å². The molecule has 0 atom stereocenters. The number of furan rings is 1. The second-order valence-electron chi connectivity index (χ2n) is 3.69. The largest absolute Gasteiger partial charge is 0.478 e. The molecular weight excluding hydrogens is 262 g/mol. The lowest BCUT2D eigenvalue weighted by Gasteiger charge is -2.00. The maximum absolute atomic E-state index is 11.6. The van der Waals surface area contributed by atoms with Gasteiger partial charge in [-0.2, -0.15) is 0 Å². The maximum Gasteiger partial charge on any atom is 0.339 e. The molecule has 1 aromatic rings. The van der Waals surface area contributed by atoms with Gasteiger partial charge in [0.1, 0.15) is 28.6 Å². The van der Waals surface area contributed by atoms with Crippen molar-refractivity contribution in [1.82, 2.24) is 5.32 Å². The van der Waals surface area contributed by atoms with Gasteiger partial charge in [0.25, 0.3) is 0 Å². The molecule has 0 aromatic carbocycles. The summed E-state index contributed by atoms with van der Waals surface area (Å²) in [6.07, 6.45) is 0. The normalized spacial score (nSPS) is 11.2. The first-order chi connectivity index (χ1) is 8.25. The monoisotopic (exact) mass is 275 g/mol. The smallest absolute Gasteiger partial charge is 0.339 e. The molecular formula is C10H13NO6S. The van der Waals surface area contributed by atoms with Crippen LogP contribution >= 0.6 is 0 Å². The Morgan fingerprint density at radius 2 is 2.06 bits per heavy atom. The standard InChI is InChI=1S/C10H13NO6S/c1-6-8(10(13)14)3-7(17-6)4-18(15,16)5-9(12)11-2/h3H,4-5H2,1-2H3,(H,11,12)(H,13,14). The third kappa shape index (κ3) is 3.59.